The highest BCUT2D eigenvalue weighted by molar-refractivity contribution is 5.93. The molecule has 0 aromatic carbocycles. The number of hydrogen-bond donors (Lipinski definition) is 0. The molecule has 3 aliphatic rings. The monoisotopic (exact) mass is 363 g/mol. The first-order valence-corrected chi connectivity index (χ1v) is 9.24. The van der Waals surface area contributed by atoms with Crippen LogP contribution in [0.3, 0.4) is 0 Å². The molecule has 0 N–H and O–H groups in total. The molecule has 4 rings (SSSR count). The molecule has 0 radical (unpaired) electrons. The van der Waals surface area contributed by atoms with Crippen LogP contribution < -0.4 is 0 Å². The summed E-state index contributed by atoms with van der Waals surface area (Å²) in [5.74, 6) is 0.237. The minimum absolute atomic E-state index is 0.0635. The molecule has 0 bridgehead atoms. The van der Waals surface area contributed by atoms with Crippen LogP contribution in [0.1, 0.15) is 22.5 Å². The molecule has 2 amide bonds. The van der Waals surface area contributed by atoms with E-state index in [2.05, 4.69) is 4.90 Å². The quantitative estimate of drug-likeness (QED) is 0.776. The number of morpholine rings is 1. The Bertz CT molecular complexity index is 670. The van der Waals surface area contributed by atoms with Gasteiger partial charge in [-0.15, -0.1) is 0 Å². The Hall–Kier alpha value is -2.06. The molecule has 8 nitrogen and oxygen atoms in total. The number of ether oxygens (including phenoxy) is 2. The van der Waals surface area contributed by atoms with Crippen molar-refractivity contribution in [1.82, 2.24) is 14.7 Å². The van der Waals surface area contributed by atoms with Gasteiger partial charge in [-0.05, 0) is 19.4 Å². The highest BCUT2D eigenvalue weighted by Crippen LogP contribution is 2.28. The summed E-state index contributed by atoms with van der Waals surface area (Å²) in [6.07, 6.45) is 1.91. The van der Waals surface area contributed by atoms with E-state index in [0.29, 0.717) is 25.4 Å². The number of likely N-dealkylation sites (tertiary alicyclic amines) is 1. The lowest BCUT2D eigenvalue weighted by atomic mass is 10.2. The van der Waals surface area contributed by atoms with Gasteiger partial charge in [-0.2, -0.15) is 0 Å². The van der Waals surface area contributed by atoms with Crippen molar-refractivity contribution in [1.29, 1.82) is 0 Å². The zero-order valence-corrected chi connectivity index (χ0v) is 15.1. The smallest absolute Gasteiger partial charge is 0.410 e. The van der Waals surface area contributed by atoms with E-state index in [1.807, 2.05) is 6.92 Å². The second-order valence-corrected chi connectivity index (χ2v) is 7.13. The summed E-state index contributed by atoms with van der Waals surface area (Å²) in [4.78, 5) is 30.7. The van der Waals surface area contributed by atoms with Gasteiger partial charge in [-0.25, -0.2) is 4.79 Å². The molecule has 0 saturated carbocycles. The molecule has 26 heavy (non-hydrogen) atoms. The maximum Gasteiger partial charge on any atom is 0.410 e. The Morgan fingerprint density at radius 1 is 1.23 bits per heavy atom. The first kappa shape index (κ1) is 17.4. The van der Waals surface area contributed by atoms with Crippen LogP contribution in [0.25, 0.3) is 0 Å². The normalized spacial score (nSPS) is 26.3. The van der Waals surface area contributed by atoms with Crippen molar-refractivity contribution >= 4 is 12.0 Å². The molecule has 2 unspecified atom stereocenters. The second kappa shape index (κ2) is 7.28. The lowest BCUT2D eigenvalue weighted by Crippen LogP contribution is -2.42. The zero-order chi connectivity index (χ0) is 18.1. The van der Waals surface area contributed by atoms with Crippen molar-refractivity contribution in [3.8, 4) is 0 Å². The Kier molecular flexibility index (Phi) is 4.86. The van der Waals surface area contributed by atoms with E-state index in [1.165, 1.54) is 6.26 Å². The number of aryl methyl sites for hydroxylation is 1. The maximum atomic E-state index is 12.6. The number of nitrogens with zero attached hydrogens (tertiary/aromatic N) is 3. The topological polar surface area (TPSA) is 75.5 Å². The Labute approximate surface area is 152 Å². The van der Waals surface area contributed by atoms with Crippen LogP contribution in [0.5, 0.6) is 0 Å². The van der Waals surface area contributed by atoms with Gasteiger partial charge in [0.1, 0.15) is 6.10 Å². The van der Waals surface area contributed by atoms with Gasteiger partial charge in [-0.3, -0.25) is 14.6 Å². The fourth-order valence-electron chi connectivity index (χ4n) is 3.95. The molecular formula is C18H25N3O5. The molecule has 0 aliphatic carbocycles. The molecule has 4 heterocycles. The van der Waals surface area contributed by atoms with Gasteiger partial charge in [0.25, 0.3) is 5.91 Å². The fraction of sp³-hybridized carbons (Fsp3) is 0.667. The average Bonchev–Trinajstić information content (AvgIpc) is 3.31. The van der Waals surface area contributed by atoms with E-state index in [4.69, 9.17) is 13.9 Å². The summed E-state index contributed by atoms with van der Waals surface area (Å²) in [6.45, 7) is 7.81. The van der Waals surface area contributed by atoms with Crippen LogP contribution in [0.4, 0.5) is 4.79 Å². The van der Waals surface area contributed by atoms with Gasteiger partial charge >= 0.3 is 6.09 Å². The minimum Gasteiger partial charge on any atom is -0.459 e. The summed E-state index contributed by atoms with van der Waals surface area (Å²) in [6, 6.07) is 1.72. The first-order chi connectivity index (χ1) is 12.6. The zero-order valence-electron chi connectivity index (χ0n) is 15.1. The molecule has 3 aliphatic heterocycles. The van der Waals surface area contributed by atoms with E-state index in [0.717, 1.165) is 44.8 Å². The molecule has 3 saturated heterocycles. The van der Waals surface area contributed by atoms with Crippen molar-refractivity contribution < 1.29 is 23.5 Å². The van der Waals surface area contributed by atoms with Gasteiger partial charge in [0, 0.05) is 38.3 Å². The minimum atomic E-state index is -0.261. The van der Waals surface area contributed by atoms with E-state index in [-0.39, 0.29) is 24.1 Å². The summed E-state index contributed by atoms with van der Waals surface area (Å²) >= 11 is 0. The first-order valence-electron chi connectivity index (χ1n) is 9.24. The van der Waals surface area contributed by atoms with Crippen LogP contribution in [0.2, 0.25) is 0 Å². The lowest BCUT2D eigenvalue weighted by molar-refractivity contribution is 0.0362. The van der Waals surface area contributed by atoms with E-state index in [9.17, 15) is 9.59 Å². The number of carbonyl (C=O) groups is 2. The van der Waals surface area contributed by atoms with Crippen molar-refractivity contribution in [2.75, 3.05) is 52.5 Å². The Morgan fingerprint density at radius 3 is 2.77 bits per heavy atom. The molecule has 0 spiro atoms. The number of rotatable bonds is 5. The van der Waals surface area contributed by atoms with Crippen LogP contribution in [0.15, 0.2) is 16.7 Å². The largest absolute Gasteiger partial charge is 0.459 e. The molecule has 142 valence electrons. The number of furan rings is 1. The van der Waals surface area contributed by atoms with E-state index in [1.54, 1.807) is 15.9 Å². The molecule has 1 aromatic rings. The van der Waals surface area contributed by atoms with Crippen molar-refractivity contribution in [3.63, 3.8) is 0 Å². The predicted molar refractivity (Wildman–Crippen MR) is 92.0 cm³/mol. The van der Waals surface area contributed by atoms with Gasteiger partial charge in [0.05, 0.1) is 32.1 Å². The highest BCUT2D eigenvalue weighted by Gasteiger charge is 2.49. The summed E-state index contributed by atoms with van der Waals surface area (Å²) in [7, 11) is 0. The van der Waals surface area contributed by atoms with Crippen molar-refractivity contribution in [2.45, 2.75) is 25.5 Å². The molecule has 8 heteroatoms. The average molecular weight is 363 g/mol. The SMILES string of the molecule is Cc1ccoc1C(=O)N1CC2OC(=O)N(CCCN3CCOCC3)C2C1. The van der Waals surface area contributed by atoms with Crippen LogP contribution in [0, 0.1) is 6.92 Å². The Balaban J connectivity index is 1.32. The van der Waals surface area contributed by atoms with Crippen LogP contribution in [-0.2, 0) is 9.47 Å². The van der Waals surface area contributed by atoms with Gasteiger partial charge < -0.3 is 18.8 Å². The number of carbonyl (C=O) groups excluding carboxylic acids is 2. The second-order valence-electron chi connectivity index (χ2n) is 7.13. The molecule has 1 aromatic heterocycles. The highest BCUT2D eigenvalue weighted by atomic mass is 16.6. The number of amides is 2. The predicted octanol–water partition coefficient (Wildman–Crippen LogP) is 0.956. The fourth-order valence-corrected chi connectivity index (χ4v) is 3.95. The van der Waals surface area contributed by atoms with Crippen molar-refractivity contribution in [3.05, 3.63) is 23.7 Å². The summed E-state index contributed by atoms with van der Waals surface area (Å²) < 4.78 is 16.2. The van der Waals surface area contributed by atoms with Gasteiger partial charge in [0.15, 0.2) is 5.76 Å². The van der Waals surface area contributed by atoms with Gasteiger partial charge in [0.2, 0.25) is 0 Å². The van der Waals surface area contributed by atoms with Gasteiger partial charge in [-0.1, -0.05) is 0 Å². The molecule has 3 fully saturated rings. The third-order valence-electron chi connectivity index (χ3n) is 5.44. The number of fused-ring (bicyclic) bond motifs is 1. The number of hydrogen-bond acceptors (Lipinski definition) is 6. The molecular weight excluding hydrogens is 338 g/mol. The van der Waals surface area contributed by atoms with Crippen molar-refractivity contribution in [2.24, 2.45) is 0 Å². The standard InChI is InChI=1S/C18H25N3O5/c1-13-3-8-25-16(13)17(22)20-11-14-15(12-20)26-18(23)21(14)5-2-4-19-6-9-24-10-7-19/h3,8,14-15H,2,4-7,9-12H2,1H3. The third kappa shape index (κ3) is 3.31. The molecule has 2 atom stereocenters. The van der Waals surface area contributed by atoms with Crippen LogP contribution >= 0.6 is 0 Å². The van der Waals surface area contributed by atoms with Crippen LogP contribution in [-0.4, -0.2) is 91.3 Å². The van der Waals surface area contributed by atoms with E-state index >= 15 is 0 Å². The maximum absolute atomic E-state index is 12.6. The summed E-state index contributed by atoms with van der Waals surface area (Å²) in [5.41, 5.74) is 0.825. The van der Waals surface area contributed by atoms with E-state index < -0.39 is 0 Å². The summed E-state index contributed by atoms with van der Waals surface area (Å²) in [5, 5.41) is 0. The lowest BCUT2D eigenvalue weighted by Gasteiger charge is -2.28. The third-order valence-corrected chi connectivity index (χ3v) is 5.44. The Morgan fingerprint density at radius 2 is 2.04 bits per heavy atom.